The number of nitrogens with one attached hydrogen (secondary N) is 1. The normalized spacial score (nSPS) is 14.8. The highest BCUT2D eigenvalue weighted by Gasteiger charge is 2.27. The molecule has 0 radical (unpaired) electrons. The molecule has 0 unspecified atom stereocenters. The average molecular weight is 511 g/mol. The van der Waals surface area contributed by atoms with Crippen molar-refractivity contribution in [3.8, 4) is 17.0 Å². The second-order valence-corrected chi connectivity index (χ2v) is 10.7. The first-order valence-corrected chi connectivity index (χ1v) is 13.2. The first-order valence-electron chi connectivity index (χ1n) is 10.8. The second kappa shape index (κ2) is 8.82. The molecular weight excluding hydrogens is 488 g/mol. The number of rotatable bonds is 6. The number of aromatic nitrogens is 1. The number of ether oxygens (including phenoxy) is 1. The van der Waals surface area contributed by atoms with Gasteiger partial charge in [-0.2, -0.15) is 0 Å². The summed E-state index contributed by atoms with van der Waals surface area (Å²) in [5, 5.41) is 1.97. The van der Waals surface area contributed by atoms with Crippen LogP contribution in [0.4, 0.5) is 16.5 Å². The van der Waals surface area contributed by atoms with Gasteiger partial charge in [-0.1, -0.05) is 6.08 Å². The van der Waals surface area contributed by atoms with Crippen molar-refractivity contribution in [2.24, 2.45) is 0 Å². The standard InChI is InChI=1S/C24H22N4O5S2/c1-3-9-28-21-12-16(4-7-22(21)33-13-23(28)30)19-14-34-24(25-19)26-35(31,32)18-5-6-20-17(11-18)8-10-27(20)15(2)29/h3-7,11-12,14H,1,8-10,13H2,2H3,(H,25,26). The van der Waals surface area contributed by atoms with Gasteiger partial charge in [0.2, 0.25) is 5.91 Å². The molecule has 2 aromatic carbocycles. The van der Waals surface area contributed by atoms with E-state index in [1.54, 1.807) is 45.5 Å². The molecule has 0 saturated heterocycles. The Kier molecular flexibility index (Phi) is 5.81. The Morgan fingerprint density at radius 3 is 2.86 bits per heavy atom. The SMILES string of the molecule is C=CCN1C(=O)COc2ccc(-c3csc(NS(=O)(=O)c4ccc5c(c4)CCN5C(C)=O)n3)cc21. The average Bonchev–Trinajstić information content (AvgIpc) is 3.47. The van der Waals surface area contributed by atoms with Crippen LogP contribution in [0.5, 0.6) is 5.75 Å². The summed E-state index contributed by atoms with van der Waals surface area (Å²) in [5.74, 6) is 0.354. The first-order chi connectivity index (χ1) is 16.8. The van der Waals surface area contributed by atoms with E-state index in [-0.39, 0.29) is 28.4 Å². The van der Waals surface area contributed by atoms with Crippen LogP contribution >= 0.6 is 11.3 Å². The third-order valence-electron chi connectivity index (χ3n) is 5.87. The summed E-state index contributed by atoms with van der Waals surface area (Å²) in [5.41, 5.74) is 3.47. The van der Waals surface area contributed by atoms with Crippen LogP contribution in [0, 0.1) is 0 Å². The van der Waals surface area contributed by atoms with Crippen LogP contribution < -0.4 is 19.3 Å². The minimum absolute atomic E-state index is 0.0295. The summed E-state index contributed by atoms with van der Waals surface area (Å²) in [7, 11) is -3.87. The summed E-state index contributed by atoms with van der Waals surface area (Å²) < 4.78 is 34.1. The molecule has 2 aliphatic rings. The molecule has 2 aliphatic heterocycles. The van der Waals surface area contributed by atoms with E-state index < -0.39 is 10.0 Å². The second-order valence-electron chi connectivity index (χ2n) is 8.12. The lowest BCUT2D eigenvalue weighted by Gasteiger charge is -2.28. The van der Waals surface area contributed by atoms with Crippen molar-refractivity contribution in [2.75, 3.05) is 34.2 Å². The molecule has 2 amide bonds. The van der Waals surface area contributed by atoms with Gasteiger partial charge in [-0.25, -0.2) is 13.4 Å². The molecule has 11 heteroatoms. The van der Waals surface area contributed by atoms with E-state index >= 15 is 0 Å². The predicted octanol–water partition coefficient (Wildman–Crippen LogP) is 3.43. The maximum atomic E-state index is 13.0. The highest BCUT2D eigenvalue weighted by atomic mass is 32.2. The summed E-state index contributed by atoms with van der Waals surface area (Å²) in [6.07, 6.45) is 2.25. The lowest BCUT2D eigenvalue weighted by molar-refractivity contribution is -0.121. The monoisotopic (exact) mass is 510 g/mol. The third kappa shape index (κ3) is 4.28. The van der Waals surface area contributed by atoms with Crippen LogP contribution in [0.25, 0.3) is 11.3 Å². The minimum Gasteiger partial charge on any atom is -0.482 e. The molecule has 0 aliphatic carbocycles. The number of benzene rings is 2. The maximum absolute atomic E-state index is 13.0. The van der Waals surface area contributed by atoms with Crippen LogP contribution in [0.15, 0.2) is 59.3 Å². The van der Waals surface area contributed by atoms with Gasteiger partial charge in [0.05, 0.1) is 16.3 Å². The fourth-order valence-electron chi connectivity index (χ4n) is 4.19. The summed E-state index contributed by atoms with van der Waals surface area (Å²) in [6.45, 7) is 6.06. The topological polar surface area (TPSA) is 109 Å². The molecule has 0 saturated carbocycles. The molecule has 0 bridgehead atoms. The third-order valence-corrected chi connectivity index (χ3v) is 8.10. The van der Waals surface area contributed by atoms with Gasteiger partial charge >= 0.3 is 0 Å². The summed E-state index contributed by atoms with van der Waals surface area (Å²) in [4.78, 5) is 31.8. The van der Waals surface area contributed by atoms with Gasteiger partial charge in [0.15, 0.2) is 11.7 Å². The van der Waals surface area contributed by atoms with Crippen LogP contribution in [0.3, 0.4) is 0 Å². The van der Waals surface area contributed by atoms with Crippen molar-refractivity contribution in [2.45, 2.75) is 18.2 Å². The van der Waals surface area contributed by atoms with E-state index in [1.807, 2.05) is 6.07 Å². The highest BCUT2D eigenvalue weighted by Crippen LogP contribution is 2.37. The van der Waals surface area contributed by atoms with Crippen LogP contribution in [0.2, 0.25) is 0 Å². The highest BCUT2D eigenvalue weighted by molar-refractivity contribution is 7.93. The van der Waals surface area contributed by atoms with Gasteiger partial charge in [-0.3, -0.25) is 14.3 Å². The summed E-state index contributed by atoms with van der Waals surface area (Å²) in [6, 6.07) is 10.1. The van der Waals surface area contributed by atoms with E-state index in [0.717, 1.165) is 28.2 Å². The number of fused-ring (bicyclic) bond motifs is 2. The minimum atomic E-state index is -3.87. The van der Waals surface area contributed by atoms with Crippen molar-refractivity contribution >= 4 is 49.7 Å². The molecule has 1 aromatic heterocycles. The van der Waals surface area contributed by atoms with E-state index in [1.165, 1.54) is 13.0 Å². The van der Waals surface area contributed by atoms with E-state index in [4.69, 9.17) is 4.74 Å². The van der Waals surface area contributed by atoms with E-state index in [2.05, 4.69) is 16.3 Å². The number of carbonyl (C=O) groups is 2. The van der Waals surface area contributed by atoms with Crippen molar-refractivity contribution in [3.05, 3.63) is 60.0 Å². The lowest BCUT2D eigenvalue weighted by atomic mass is 10.1. The predicted molar refractivity (Wildman–Crippen MR) is 135 cm³/mol. The molecule has 9 nitrogen and oxygen atoms in total. The van der Waals surface area contributed by atoms with E-state index in [0.29, 0.717) is 36.6 Å². The fourth-order valence-corrected chi connectivity index (χ4v) is 6.21. The Hall–Kier alpha value is -3.70. The molecule has 180 valence electrons. The van der Waals surface area contributed by atoms with Crippen molar-refractivity contribution < 1.29 is 22.7 Å². The van der Waals surface area contributed by atoms with Gasteiger partial charge in [0, 0.05) is 36.6 Å². The van der Waals surface area contributed by atoms with Gasteiger partial charge in [-0.15, -0.1) is 17.9 Å². The largest absolute Gasteiger partial charge is 0.482 e. The van der Waals surface area contributed by atoms with Gasteiger partial charge in [0.1, 0.15) is 5.75 Å². The Morgan fingerprint density at radius 1 is 1.26 bits per heavy atom. The molecule has 3 heterocycles. The van der Waals surface area contributed by atoms with Gasteiger partial charge in [-0.05, 0) is 48.4 Å². The Morgan fingerprint density at radius 2 is 2.09 bits per heavy atom. The van der Waals surface area contributed by atoms with E-state index in [9.17, 15) is 18.0 Å². The molecule has 0 atom stereocenters. The number of sulfonamides is 1. The van der Waals surface area contributed by atoms with Gasteiger partial charge in [0.25, 0.3) is 15.9 Å². The van der Waals surface area contributed by atoms with Crippen LogP contribution in [-0.4, -0.2) is 44.9 Å². The quantitative estimate of drug-likeness (QED) is 0.509. The number of thiazole rings is 1. The Bertz CT molecular complexity index is 1460. The number of hydrogen-bond donors (Lipinski definition) is 1. The lowest BCUT2D eigenvalue weighted by Crippen LogP contribution is -2.38. The van der Waals surface area contributed by atoms with Gasteiger partial charge < -0.3 is 14.5 Å². The molecule has 3 aromatic rings. The zero-order valence-electron chi connectivity index (χ0n) is 18.9. The first kappa shape index (κ1) is 23.1. The van der Waals surface area contributed by atoms with Crippen LogP contribution in [0.1, 0.15) is 12.5 Å². The molecule has 1 N–H and O–H groups in total. The van der Waals surface area contributed by atoms with Crippen molar-refractivity contribution in [3.63, 3.8) is 0 Å². The Labute approximate surface area is 206 Å². The molecule has 35 heavy (non-hydrogen) atoms. The number of hydrogen-bond acceptors (Lipinski definition) is 7. The fraction of sp³-hybridized carbons (Fsp3) is 0.208. The van der Waals surface area contributed by atoms with Crippen LogP contribution in [-0.2, 0) is 26.0 Å². The Balaban J connectivity index is 1.39. The summed E-state index contributed by atoms with van der Waals surface area (Å²) >= 11 is 1.16. The number of carbonyl (C=O) groups excluding carboxylic acids is 2. The molecule has 0 spiro atoms. The number of nitrogens with zero attached hydrogens (tertiary/aromatic N) is 3. The zero-order chi connectivity index (χ0) is 24.7. The maximum Gasteiger partial charge on any atom is 0.265 e. The van der Waals surface area contributed by atoms with Crippen molar-refractivity contribution in [1.29, 1.82) is 0 Å². The molecule has 0 fully saturated rings. The number of anilines is 3. The smallest absolute Gasteiger partial charge is 0.265 e. The molecule has 5 rings (SSSR count). The zero-order valence-corrected chi connectivity index (χ0v) is 20.5. The van der Waals surface area contributed by atoms with Crippen molar-refractivity contribution in [1.82, 2.24) is 4.98 Å². The molecular formula is C24H22N4O5S2. The number of amides is 2.